The normalized spacial score (nSPS) is 11.2. The smallest absolute Gasteiger partial charge is 0.372 e. The first-order valence-corrected chi connectivity index (χ1v) is 16.5. The van der Waals surface area contributed by atoms with E-state index in [9.17, 15) is 18.0 Å². The average Bonchev–Trinajstić information content (AvgIpc) is 2.91. The Morgan fingerprint density at radius 2 is 0.658 bits per heavy atom. The van der Waals surface area contributed by atoms with Gasteiger partial charge in [-0.3, -0.25) is 0 Å². The second kappa shape index (κ2) is 30.5. The van der Waals surface area contributed by atoms with Crippen LogP contribution in [-0.2, 0) is 9.53 Å². The van der Waals surface area contributed by atoms with Gasteiger partial charge in [-0.1, -0.05) is 180 Å². The molecule has 0 atom stereocenters. The molecule has 226 valence electrons. The highest BCUT2D eigenvalue weighted by molar-refractivity contribution is 5.86. The minimum Gasteiger partial charge on any atom is -0.460 e. The maximum Gasteiger partial charge on any atom is 0.372 e. The summed E-state index contributed by atoms with van der Waals surface area (Å²) in [6.45, 7) is 2.28. The summed E-state index contributed by atoms with van der Waals surface area (Å²) >= 11 is 0. The molecule has 0 aromatic heterocycles. The molecule has 2 nitrogen and oxygen atoms in total. The van der Waals surface area contributed by atoms with E-state index in [-0.39, 0.29) is 6.61 Å². The molecule has 0 aliphatic carbocycles. The summed E-state index contributed by atoms with van der Waals surface area (Å²) in [6, 6.07) is 0. The van der Waals surface area contributed by atoms with Gasteiger partial charge in [-0.15, -0.1) is 0 Å². The number of unbranched alkanes of at least 4 members (excludes halogenated alkanes) is 27. The van der Waals surface area contributed by atoms with Gasteiger partial charge in [0.25, 0.3) is 5.83 Å². The summed E-state index contributed by atoms with van der Waals surface area (Å²) in [5.74, 6) is -3.64. The molecule has 0 heterocycles. The first-order chi connectivity index (χ1) is 18.6. The molecule has 0 radical (unpaired) electrons. The van der Waals surface area contributed by atoms with Crippen LogP contribution in [0.15, 0.2) is 11.9 Å². The van der Waals surface area contributed by atoms with Gasteiger partial charge >= 0.3 is 12.0 Å². The highest BCUT2D eigenvalue weighted by Crippen LogP contribution is 2.16. The molecule has 38 heavy (non-hydrogen) atoms. The van der Waals surface area contributed by atoms with Crippen molar-refractivity contribution in [2.75, 3.05) is 6.61 Å². The maximum atomic E-state index is 12.6. The van der Waals surface area contributed by atoms with Crippen molar-refractivity contribution in [2.45, 2.75) is 187 Å². The summed E-state index contributed by atoms with van der Waals surface area (Å²) in [5.41, 5.74) is 0. The van der Waals surface area contributed by atoms with Crippen molar-refractivity contribution in [3.8, 4) is 0 Å². The quantitative estimate of drug-likeness (QED) is 0.0509. The monoisotopic (exact) mass is 546 g/mol. The summed E-state index contributed by atoms with van der Waals surface area (Å²) in [4.78, 5) is 10.9. The lowest BCUT2D eigenvalue weighted by Crippen LogP contribution is -2.07. The van der Waals surface area contributed by atoms with Crippen LogP contribution in [0.1, 0.15) is 187 Å². The maximum absolute atomic E-state index is 12.6. The van der Waals surface area contributed by atoms with E-state index in [1.807, 2.05) is 0 Å². The van der Waals surface area contributed by atoms with Crippen LogP contribution in [0.25, 0.3) is 0 Å². The van der Waals surface area contributed by atoms with E-state index >= 15 is 0 Å². The van der Waals surface area contributed by atoms with Crippen LogP contribution in [0, 0.1) is 0 Å². The standard InChI is InChI=1S/C33H61F3O2/c1-2-3-4-5-6-7-8-9-10-11-12-13-14-15-16-17-18-19-20-21-22-23-24-25-26-27-28-29-30-38-33(37)31(34)32(35)36/h2-30H2,1H3. The molecule has 0 aliphatic rings. The molecule has 0 unspecified atom stereocenters. The third-order valence-electron chi connectivity index (χ3n) is 7.58. The van der Waals surface area contributed by atoms with Gasteiger partial charge in [-0.2, -0.15) is 13.2 Å². The van der Waals surface area contributed by atoms with Gasteiger partial charge in [-0.25, -0.2) is 4.79 Å². The van der Waals surface area contributed by atoms with Crippen molar-refractivity contribution >= 4 is 5.97 Å². The van der Waals surface area contributed by atoms with Crippen LogP contribution in [0.3, 0.4) is 0 Å². The number of ether oxygens (including phenoxy) is 1. The number of rotatable bonds is 30. The lowest BCUT2D eigenvalue weighted by molar-refractivity contribution is -0.141. The highest BCUT2D eigenvalue weighted by atomic mass is 19.3. The van der Waals surface area contributed by atoms with Gasteiger partial charge in [0.15, 0.2) is 0 Å². The number of hydrogen-bond acceptors (Lipinski definition) is 2. The van der Waals surface area contributed by atoms with E-state index in [2.05, 4.69) is 11.7 Å². The molecular formula is C33H61F3O2. The van der Waals surface area contributed by atoms with E-state index in [4.69, 9.17) is 0 Å². The van der Waals surface area contributed by atoms with Crippen LogP contribution in [0.5, 0.6) is 0 Å². The largest absolute Gasteiger partial charge is 0.460 e. The SMILES string of the molecule is CCCCCCCCCCCCCCCCCCCCCCCCCCCCCCOC(=O)C(F)=C(F)F. The molecule has 0 fully saturated rings. The zero-order valence-corrected chi connectivity index (χ0v) is 25.0. The van der Waals surface area contributed by atoms with E-state index < -0.39 is 17.9 Å². The van der Waals surface area contributed by atoms with Gasteiger partial charge in [0, 0.05) is 0 Å². The van der Waals surface area contributed by atoms with Gasteiger partial charge < -0.3 is 4.74 Å². The van der Waals surface area contributed by atoms with Crippen molar-refractivity contribution < 1.29 is 22.7 Å². The van der Waals surface area contributed by atoms with Gasteiger partial charge in [0.05, 0.1) is 6.61 Å². The van der Waals surface area contributed by atoms with Crippen molar-refractivity contribution in [2.24, 2.45) is 0 Å². The second-order valence-corrected chi connectivity index (χ2v) is 11.3. The Labute approximate surface area is 233 Å². The molecular weight excluding hydrogens is 485 g/mol. The molecule has 0 saturated carbocycles. The zero-order chi connectivity index (χ0) is 27.9. The zero-order valence-electron chi connectivity index (χ0n) is 25.0. The molecule has 0 spiro atoms. The fraction of sp³-hybridized carbons (Fsp3) is 0.909. The predicted octanol–water partition coefficient (Wildman–Crippen LogP) is 12.5. The summed E-state index contributed by atoms with van der Waals surface area (Å²) in [5, 5.41) is 0. The number of carbonyl (C=O) groups is 1. The van der Waals surface area contributed by atoms with Crippen LogP contribution >= 0.6 is 0 Å². The third-order valence-corrected chi connectivity index (χ3v) is 7.58. The van der Waals surface area contributed by atoms with E-state index in [1.165, 1.54) is 154 Å². The Hall–Kier alpha value is -1.00. The number of halogens is 3. The van der Waals surface area contributed by atoms with Crippen LogP contribution in [0.4, 0.5) is 13.2 Å². The minimum atomic E-state index is -2.62. The van der Waals surface area contributed by atoms with Crippen LogP contribution in [0.2, 0.25) is 0 Å². The number of hydrogen-bond donors (Lipinski definition) is 0. The predicted molar refractivity (Wildman–Crippen MR) is 156 cm³/mol. The van der Waals surface area contributed by atoms with Gasteiger partial charge in [-0.05, 0) is 6.42 Å². The fourth-order valence-corrected chi connectivity index (χ4v) is 5.08. The van der Waals surface area contributed by atoms with E-state index in [0.29, 0.717) is 6.42 Å². The molecule has 0 rings (SSSR count). The van der Waals surface area contributed by atoms with Crippen molar-refractivity contribution in [1.82, 2.24) is 0 Å². The molecule has 0 saturated heterocycles. The molecule has 0 amide bonds. The molecule has 0 bridgehead atoms. The molecule has 0 aromatic rings. The number of carbonyl (C=O) groups excluding carboxylic acids is 1. The first-order valence-electron chi connectivity index (χ1n) is 16.5. The van der Waals surface area contributed by atoms with Gasteiger partial charge in [0.1, 0.15) is 0 Å². The topological polar surface area (TPSA) is 26.3 Å². The molecule has 0 aromatic carbocycles. The summed E-state index contributed by atoms with van der Waals surface area (Å²) in [7, 11) is 0. The van der Waals surface area contributed by atoms with Crippen molar-refractivity contribution in [3.05, 3.63) is 11.9 Å². The Kier molecular flexibility index (Phi) is 29.7. The minimum absolute atomic E-state index is 0.00102. The molecule has 0 aliphatic heterocycles. The molecule has 5 heteroatoms. The van der Waals surface area contributed by atoms with Crippen molar-refractivity contribution in [3.63, 3.8) is 0 Å². The highest BCUT2D eigenvalue weighted by Gasteiger charge is 2.16. The third kappa shape index (κ3) is 28.0. The van der Waals surface area contributed by atoms with Crippen LogP contribution < -0.4 is 0 Å². The average molecular weight is 547 g/mol. The second-order valence-electron chi connectivity index (χ2n) is 11.3. The fourth-order valence-electron chi connectivity index (χ4n) is 5.08. The van der Waals surface area contributed by atoms with Crippen LogP contribution in [-0.4, -0.2) is 12.6 Å². The Bertz CT molecular complexity index is 532. The van der Waals surface area contributed by atoms with Gasteiger partial charge in [0.2, 0.25) is 0 Å². The summed E-state index contributed by atoms with van der Waals surface area (Å²) < 4.78 is 40.9. The first kappa shape index (κ1) is 37.0. The molecule has 0 N–H and O–H groups in total. The van der Waals surface area contributed by atoms with E-state index in [1.54, 1.807) is 0 Å². The Morgan fingerprint density at radius 3 is 0.895 bits per heavy atom. The summed E-state index contributed by atoms with van der Waals surface area (Å²) in [6.07, 6.45) is 34.6. The lowest BCUT2D eigenvalue weighted by atomic mass is 10.0. The Balaban J connectivity index is 3.12. The van der Waals surface area contributed by atoms with Crippen molar-refractivity contribution in [1.29, 1.82) is 0 Å². The lowest BCUT2D eigenvalue weighted by Gasteiger charge is -2.05. The van der Waals surface area contributed by atoms with E-state index in [0.717, 1.165) is 19.3 Å². The Morgan fingerprint density at radius 1 is 0.421 bits per heavy atom. The number of esters is 1.